The highest BCUT2D eigenvalue weighted by Crippen LogP contribution is 2.22. The minimum atomic E-state index is -0.184. The third-order valence-corrected chi connectivity index (χ3v) is 5.18. The molecule has 0 aromatic heterocycles. The van der Waals surface area contributed by atoms with Gasteiger partial charge in [-0.3, -0.25) is 19.5 Å². The fourth-order valence-electron chi connectivity index (χ4n) is 3.68. The summed E-state index contributed by atoms with van der Waals surface area (Å²) in [6.07, 6.45) is 2.67. The number of amides is 2. The first-order valence-electron chi connectivity index (χ1n) is 10.1. The number of unbranched alkanes of at least 4 members (excludes halogenated alkanes) is 1. The van der Waals surface area contributed by atoms with E-state index in [-0.39, 0.29) is 35.8 Å². The lowest BCUT2D eigenvalue weighted by atomic mass is 10.1. The molecule has 1 N–H and O–H groups in total. The quantitative estimate of drug-likeness (QED) is 0.190. The summed E-state index contributed by atoms with van der Waals surface area (Å²) >= 11 is 0. The van der Waals surface area contributed by atoms with Crippen LogP contribution >= 0.6 is 24.0 Å². The number of nitrogens with zero attached hydrogens (tertiary/aromatic N) is 3. The lowest BCUT2D eigenvalue weighted by molar-refractivity contribution is 0.0652. The number of benzene rings is 1. The first kappa shape index (κ1) is 23.6. The Kier molecular flexibility index (Phi) is 9.35. The Morgan fingerprint density at radius 1 is 1.24 bits per heavy atom. The molecule has 160 valence electrons. The van der Waals surface area contributed by atoms with Gasteiger partial charge in [-0.15, -0.1) is 24.0 Å². The number of guanidine groups is 1. The van der Waals surface area contributed by atoms with Gasteiger partial charge in [-0.05, 0) is 38.3 Å². The Balaban J connectivity index is 0.00000300. The second kappa shape index (κ2) is 11.5. The Bertz CT molecular complexity index is 699. The average molecular weight is 514 g/mol. The average Bonchev–Trinajstić information content (AvgIpc) is 3.29. The van der Waals surface area contributed by atoms with Gasteiger partial charge in [0, 0.05) is 45.8 Å². The largest absolute Gasteiger partial charge is 0.381 e. The molecular weight excluding hydrogens is 483 g/mol. The fraction of sp³-hybridized carbons (Fsp3) is 0.571. The van der Waals surface area contributed by atoms with Gasteiger partial charge in [-0.2, -0.15) is 0 Å². The number of hydrogen-bond donors (Lipinski definition) is 1. The van der Waals surface area contributed by atoms with Crippen molar-refractivity contribution in [2.45, 2.75) is 26.2 Å². The van der Waals surface area contributed by atoms with Gasteiger partial charge >= 0.3 is 0 Å². The predicted octanol–water partition coefficient (Wildman–Crippen LogP) is 2.61. The van der Waals surface area contributed by atoms with Gasteiger partial charge in [0.05, 0.1) is 17.7 Å². The molecule has 1 fully saturated rings. The van der Waals surface area contributed by atoms with Crippen LogP contribution in [0.5, 0.6) is 0 Å². The minimum absolute atomic E-state index is 0. The predicted molar refractivity (Wildman–Crippen MR) is 124 cm³/mol. The van der Waals surface area contributed by atoms with Crippen LogP contribution in [0.15, 0.2) is 29.3 Å². The monoisotopic (exact) mass is 514 g/mol. The summed E-state index contributed by atoms with van der Waals surface area (Å²) in [5.41, 5.74) is 1.02. The van der Waals surface area contributed by atoms with E-state index in [1.54, 1.807) is 24.3 Å². The maximum atomic E-state index is 12.4. The van der Waals surface area contributed by atoms with Crippen LogP contribution < -0.4 is 5.32 Å². The molecule has 29 heavy (non-hydrogen) atoms. The zero-order chi connectivity index (χ0) is 19.9. The molecule has 2 aliphatic heterocycles. The molecule has 1 atom stereocenters. The maximum Gasteiger partial charge on any atom is 0.261 e. The summed E-state index contributed by atoms with van der Waals surface area (Å²) in [5, 5.41) is 3.33. The van der Waals surface area contributed by atoms with Crippen molar-refractivity contribution in [3.05, 3.63) is 35.4 Å². The van der Waals surface area contributed by atoms with Crippen molar-refractivity contribution in [2.24, 2.45) is 10.9 Å². The molecule has 0 radical (unpaired) electrons. The molecule has 0 saturated carbocycles. The van der Waals surface area contributed by atoms with E-state index in [4.69, 9.17) is 9.73 Å². The lowest BCUT2D eigenvalue weighted by Crippen LogP contribution is -2.41. The fourth-order valence-corrected chi connectivity index (χ4v) is 3.68. The number of ether oxygens (including phenoxy) is 1. The van der Waals surface area contributed by atoms with Crippen LogP contribution in [0.25, 0.3) is 0 Å². The molecule has 1 aromatic rings. The van der Waals surface area contributed by atoms with Crippen LogP contribution in [-0.2, 0) is 4.74 Å². The highest BCUT2D eigenvalue weighted by atomic mass is 127. The van der Waals surface area contributed by atoms with E-state index in [1.165, 1.54) is 4.90 Å². The molecule has 1 aromatic carbocycles. The van der Waals surface area contributed by atoms with Gasteiger partial charge in [0.15, 0.2) is 5.96 Å². The van der Waals surface area contributed by atoms with Crippen LogP contribution in [0.4, 0.5) is 0 Å². The van der Waals surface area contributed by atoms with Crippen molar-refractivity contribution in [1.82, 2.24) is 15.1 Å². The van der Waals surface area contributed by atoms with E-state index in [0.717, 1.165) is 51.5 Å². The topological polar surface area (TPSA) is 74.2 Å². The lowest BCUT2D eigenvalue weighted by Gasteiger charge is -2.24. The van der Waals surface area contributed by atoms with Crippen molar-refractivity contribution < 1.29 is 14.3 Å². The Morgan fingerprint density at radius 3 is 2.52 bits per heavy atom. The molecule has 0 aliphatic carbocycles. The summed E-state index contributed by atoms with van der Waals surface area (Å²) in [5.74, 6) is 1.09. The Morgan fingerprint density at radius 2 is 1.93 bits per heavy atom. The van der Waals surface area contributed by atoms with Gasteiger partial charge in [-0.1, -0.05) is 12.1 Å². The van der Waals surface area contributed by atoms with Crippen LogP contribution in [0.3, 0.4) is 0 Å². The van der Waals surface area contributed by atoms with Crippen LogP contribution in [0.2, 0.25) is 0 Å². The number of fused-ring (bicyclic) bond motifs is 1. The molecule has 1 saturated heterocycles. The van der Waals surface area contributed by atoms with E-state index in [9.17, 15) is 9.59 Å². The third-order valence-electron chi connectivity index (χ3n) is 5.18. The normalized spacial score (nSPS) is 18.6. The van der Waals surface area contributed by atoms with Crippen molar-refractivity contribution in [3.8, 4) is 0 Å². The third kappa shape index (κ3) is 5.91. The highest BCUT2D eigenvalue weighted by Gasteiger charge is 2.34. The van der Waals surface area contributed by atoms with E-state index in [2.05, 4.69) is 24.2 Å². The molecule has 1 unspecified atom stereocenters. The van der Waals surface area contributed by atoms with E-state index >= 15 is 0 Å². The smallest absolute Gasteiger partial charge is 0.261 e. The molecule has 3 rings (SSSR count). The number of carbonyl (C=O) groups is 2. The summed E-state index contributed by atoms with van der Waals surface area (Å²) in [6, 6.07) is 7.01. The number of nitrogens with one attached hydrogen (secondary N) is 1. The number of rotatable bonds is 8. The van der Waals surface area contributed by atoms with Gasteiger partial charge in [-0.25, -0.2) is 0 Å². The van der Waals surface area contributed by atoms with Gasteiger partial charge in [0.1, 0.15) is 0 Å². The zero-order valence-electron chi connectivity index (χ0n) is 17.2. The summed E-state index contributed by atoms with van der Waals surface area (Å²) < 4.78 is 5.45. The van der Waals surface area contributed by atoms with Crippen LogP contribution in [0.1, 0.15) is 46.9 Å². The molecular formula is C21H31IN4O3. The SMILES string of the molecule is CCNC(=NCCCCN1C(=O)c2ccccc2C1=O)N(C)CC1CCOC1.I. The number of imide groups is 1. The molecule has 8 heteroatoms. The number of hydrogen-bond acceptors (Lipinski definition) is 4. The second-order valence-electron chi connectivity index (χ2n) is 7.36. The number of halogens is 1. The van der Waals surface area contributed by atoms with Crippen molar-refractivity contribution in [3.63, 3.8) is 0 Å². The van der Waals surface area contributed by atoms with Crippen molar-refractivity contribution >= 4 is 41.8 Å². The Labute approximate surface area is 189 Å². The first-order valence-corrected chi connectivity index (χ1v) is 10.1. The molecule has 2 amide bonds. The molecule has 0 spiro atoms. The zero-order valence-corrected chi connectivity index (χ0v) is 19.6. The molecule has 2 heterocycles. The van der Waals surface area contributed by atoms with Crippen LogP contribution in [-0.4, -0.2) is 74.0 Å². The number of aliphatic imine (C=N–C) groups is 1. The van der Waals surface area contributed by atoms with Gasteiger partial charge in [0.25, 0.3) is 11.8 Å². The number of carbonyl (C=O) groups excluding carboxylic acids is 2. The summed E-state index contributed by atoms with van der Waals surface area (Å²) in [6.45, 7) is 6.59. The molecule has 7 nitrogen and oxygen atoms in total. The van der Waals surface area contributed by atoms with E-state index < -0.39 is 0 Å². The van der Waals surface area contributed by atoms with Gasteiger partial charge < -0.3 is 15.0 Å². The van der Waals surface area contributed by atoms with Gasteiger partial charge in [0.2, 0.25) is 0 Å². The van der Waals surface area contributed by atoms with E-state index in [1.807, 2.05) is 0 Å². The molecule has 2 aliphatic rings. The first-order chi connectivity index (χ1) is 13.6. The minimum Gasteiger partial charge on any atom is -0.381 e. The summed E-state index contributed by atoms with van der Waals surface area (Å²) in [4.78, 5) is 33.0. The van der Waals surface area contributed by atoms with Crippen molar-refractivity contribution in [2.75, 3.05) is 46.4 Å². The highest BCUT2D eigenvalue weighted by molar-refractivity contribution is 14.0. The second-order valence-corrected chi connectivity index (χ2v) is 7.36. The molecule has 0 bridgehead atoms. The standard InChI is InChI=1S/C21H30N4O3.HI/c1-3-22-21(24(2)14-16-10-13-28-15-16)23-11-6-7-12-25-19(26)17-8-4-5-9-18(17)20(25)27;/h4-5,8-9,16H,3,6-7,10-15H2,1-2H3,(H,22,23);1H. The summed E-state index contributed by atoms with van der Waals surface area (Å²) in [7, 11) is 2.05. The van der Waals surface area contributed by atoms with Crippen molar-refractivity contribution in [1.29, 1.82) is 0 Å². The van der Waals surface area contributed by atoms with Crippen LogP contribution in [0, 0.1) is 5.92 Å². The van der Waals surface area contributed by atoms with E-state index in [0.29, 0.717) is 30.1 Å². The maximum absolute atomic E-state index is 12.4. The Hall–Kier alpha value is -1.68.